The van der Waals surface area contributed by atoms with E-state index < -0.39 is 5.25 Å². The number of benzene rings is 2. The summed E-state index contributed by atoms with van der Waals surface area (Å²) in [5.41, 5.74) is 1.83. The van der Waals surface area contributed by atoms with Gasteiger partial charge in [-0.15, -0.1) is 0 Å². The van der Waals surface area contributed by atoms with E-state index in [2.05, 4.69) is 4.90 Å². The monoisotopic (exact) mass is 494 g/mol. The zero-order valence-electron chi connectivity index (χ0n) is 18.9. The van der Waals surface area contributed by atoms with Crippen molar-refractivity contribution < 1.29 is 19.1 Å². The van der Waals surface area contributed by atoms with Crippen molar-refractivity contribution in [2.75, 3.05) is 25.1 Å². The van der Waals surface area contributed by atoms with E-state index in [1.165, 1.54) is 29.2 Å². The third-order valence-electron chi connectivity index (χ3n) is 5.92. The van der Waals surface area contributed by atoms with Gasteiger partial charge in [-0.1, -0.05) is 42.2 Å². The van der Waals surface area contributed by atoms with Crippen LogP contribution in [0.15, 0.2) is 54.6 Å². The summed E-state index contributed by atoms with van der Waals surface area (Å²) in [5.74, 6) is 0.0797. The second-order valence-electron chi connectivity index (χ2n) is 8.21. The summed E-state index contributed by atoms with van der Waals surface area (Å²) in [6, 6.07) is 13.9. The molecule has 0 unspecified atom stereocenters. The van der Waals surface area contributed by atoms with Gasteiger partial charge in [0.05, 0.1) is 12.8 Å². The largest absolute Gasteiger partial charge is 0.497 e. The molecule has 0 saturated carbocycles. The molecule has 0 N–H and O–H groups in total. The fourth-order valence-corrected chi connectivity index (χ4v) is 5.54. The minimum absolute atomic E-state index is 0.128. The first-order valence-electron chi connectivity index (χ1n) is 11.2. The molecule has 0 aromatic heterocycles. The van der Waals surface area contributed by atoms with E-state index in [0.717, 1.165) is 37.2 Å². The number of ether oxygens (including phenoxy) is 1. The second-order valence-corrected chi connectivity index (χ2v) is 10.0. The lowest BCUT2D eigenvalue weighted by atomic mass is 10.1. The first-order chi connectivity index (χ1) is 16.5. The maximum Gasteiger partial charge on any atom is 0.247 e. The molecule has 1 atom stereocenters. The number of carbonyl (C=O) groups excluding carboxylic acids is 3. The van der Waals surface area contributed by atoms with Crippen LogP contribution in [0.4, 0.5) is 5.69 Å². The highest BCUT2D eigenvalue weighted by molar-refractivity contribution is 8.23. The van der Waals surface area contributed by atoms with Gasteiger partial charge in [-0.2, -0.15) is 0 Å². The number of thiocarbonyl (C=S) groups is 1. The molecular formula is C26H26N2O4S2. The van der Waals surface area contributed by atoms with Crippen molar-refractivity contribution in [1.82, 2.24) is 4.90 Å². The average molecular weight is 495 g/mol. The predicted molar refractivity (Wildman–Crippen MR) is 139 cm³/mol. The standard InChI is InChI=1S/C26H26N2O4S2/c1-32-21-12-5-18(6-13-21)7-14-22(29)19-8-10-20(11-9-19)28-24(30)17-23(25(28)31)34-26(33)27-15-3-2-4-16-27/h5-14,23H,2-4,15-17H2,1H3/b14-7+/t23-/m1/s1. The second kappa shape index (κ2) is 11.0. The van der Waals surface area contributed by atoms with Gasteiger partial charge >= 0.3 is 0 Å². The van der Waals surface area contributed by atoms with Crippen LogP contribution in [0.25, 0.3) is 6.08 Å². The van der Waals surface area contributed by atoms with Crippen LogP contribution in [-0.4, -0.2) is 52.3 Å². The number of hydrogen-bond acceptors (Lipinski definition) is 6. The van der Waals surface area contributed by atoms with Gasteiger partial charge in [0.25, 0.3) is 0 Å². The molecule has 2 aliphatic heterocycles. The molecule has 34 heavy (non-hydrogen) atoms. The summed E-state index contributed by atoms with van der Waals surface area (Å²) in [7, 11) is 1.60. The molecule has 0 bridgehead atoms. The van der Waals surface area contributed by atoms with Crippen LogP contribution in [0.3, 0.4) is 0 Å². The van der Waals surface area contributed by atoms with Crippen LogP contribution in [0, 0.1) is 0 Å². The number of imide groups is 1. The van der Waals surface area contributed by atoms with Gasteiger partial charge in [-0.3, -0.25) is 14.4 Å². The maximum atomic E-state index is 13.0. The van der Waals surface area contributed by atoms with Gasteiger partial charge in [0.2, 0.25) is 11.8 Å². The highest BCUT2D eigenvalue weighted by Crippen LogP contribution is 2.32. The van der Waals surface area contributed by atoms with Crippen LogP contribution >= 0.6 is 24.0 Å². The zero-order chi connectivity index (χ0) is 24.1. The van der Waals surface area contributed by atoms with Crippen LogP contribution in [0.1, 0.15) is 41.6 Å². The topological polar surface area (TPSA) is 66.9 Å². The number of carbonyl (C=O) groups is 3. The minimum atomic E-state index is -0.504. The van der Waals surface area contributed by atoms with Crippen molar-refractivity contribution in [3.8, 4) is 5.75 Å². The number of hydrogen-bond donors (Lipinski definition) is 0. The van der Waals surface area contributed by atoms with Gasteiger partial charge in [0, 0.05) is 25.1 Å². The van der Waals surface area contributed by atoms with Gasteiger partial charge in [0.15, 0.2) is 5.78 Å². The third kappa shape index (κ3) is 5.56. The Morgan fingerprint density at radius 2 is 1.71 bits per heavy atom. The minimum Gasteiger partial charge on any atom is -0.497 e. The zero-order valence-corrected chi connectivity index (χ0v) is 20.6. The first kappa shape index (κ1) is 24.2. The van der Waals surface area contributed by atoms with Gasteiger partial charge in [-0.05, 0) is 67.3 Å². The number of piperidine rings is 1. The number of anilines is 1. The highest BCUT2D eigenvalue weighted by atomic mass is 32.2. The summed E-state index contributed by atoms with van der Waals surface area (Å²) in [5, 5.41) is -0.504. The van der Waals surface area contributed by atoms with E-state index in [-0.39, 0.29) is 24.0 Å². The Bertz CT molecular complexity index is 1110. The summed E-state index contributed by atoms with van der Waals surface area (Å²) in [6.07, 6.45) is 6.76. The Hall–Kier alpha value is -2.97. The molecule has 0 aliphatic carbocycles. The number of likely N-dealkylation sites (tertiary alicyclic amines) is 1. The molecule has 2 aromatic carbocycles. The Morgan fingerprint density at radius 3 is 2.35 bits per heavy atom. The molecule has 2 amide bonds. The molecule has 2 aliphatic rings. The fourth-order valence-electron chi connectivity index (χ4n) is 4.00. The Labute approximate surface area is 208 Å². The lowest BCUT2D eigenvalue weighted by Crippen LogP contribution is -2.35. The van der Waals surface area contributed by atoms with Crippen molar-refractivity contribution in [2.24, 2.45) is 0 Å². The number of ketones is 1. The summed E-state index contributed by atoms with van der Waals surface area (Å²) in [6.45, 7) is 1.82. The van der Waals surface area contributed by atoms with Gasteiger partial charge in [-0.25, -0.2) is 4.90 Å². The summed E-state index contributed by atoms with van der Waals surface area (Å²) >= 11 is 6.85. The molecule has 4 rings (SSSR count). The van der Waals surface area contributed by atoms with E-state index in [9.17, 15) is 14.4 Å². The first-order valence-corrected chi connectivity index (χ1v) is 12.5. The number of nitrogens with zero attached hydrogens (tertiary/aromatic N) is 2. The van der Waals surface area contributed by atoms with E-state index in [4.69, 9.17) is 17.0 Å². The number of methoxy groups -OCH3 is 1. The summed E-state index contributed by atoms with van der Waals surface area (Å²) in [4.78, 5) is 41.5. The lowest BCUT2D eigenvalue weighted by molar-refractivity contribution is -0.121. The molecule has 2 heterocycles. The summed E-state index contributed by atoms with van der Waals surface area (Å²) < 4.78 is 5.82. The highest BCUT2D eigenvalue weighted by Gasteiger charge is 2.41. The Morgan fingerprint density at radius 1 is 1.03 bits per heavy atom. The van der Waals surface area contributed by atoms with Crippen LogP contribution in [0.2, 0.25) is 0 Å². The number of thioether (sulfide) groups is 1. The maximum absolute atomic E-state index is 13.0. The van der Waals surface area contributed by atoms with Crippen molar-refractivity contribution in [3.05, 3.63) is 65.7 Å². The smallest absolute Gasteiger partial charge is 0.247 e. The van der Waals surface area contributed by atoms with Crippen LogP contribution in [-0.2, 0) is 9.59 Å². The molecule has 2 fully saturated rings. The number of rotatable bonds is 6. The lowest BCUT2D eigenvalue weighted by Gasteiger charge is -2.29. The van der Waals surface area contributed by atoms with Crippen molar-refractivity contribution in [3.63, 3.8) is 0 Å². The molecule has 0 radical (unpaired) electrons. The molecule has 2 saturated heterocycles. The molecular weight excluding hydrogens is 468 g/mol. The normalized spacial score (nSPS) is 18.6. The molecule has 0 spiro atoms. The average Bonchev–Trinajstić information content (AvgIpc) is 3.15. The van der Waals surface area contributed by atoms with Crippen LogP contribution < -0.4 is 9.64 Å². The van der Waals surface area contributed by atoms with E-state index in [0.29, 0.717) is 15.6 Å². The van der Waals surface area contributed by atoms with Crippen molar-refractivity contribution >= 4 is 57.7 Å². The molecule has 8 heteroatoms. The Balaban J connectivity index is 1.38. The quantitative estimate of drug-likeness (QED) is 0.249. The van der Waals surface area contributed by atoms with E-state index in [1.807, 2.05) is 24.3 Å². The molecule has 2 aromatic rings. The number of amides is 2. The van der Waals surface area contributed by atoms with Crippen molar-refractivity contribution in [1.29, 1.82) is 0 Å². The fraction of sp³-hybridized carbons (Fsp3) is 0.308. The Kier molecular flexibility index (Phi) is 7.80. The van der Waals surface area contributed by atoms with Gasteiger partial charge < -0.3 is 9.64 Å². The van der Waals surface area contributed by atoms with Crippen molar-refractivity contribution in [2.45, 2.75) is 30.9 Å². The molecule has 6 nitrogen and oxygen atoms in total. The molecule has 176 valence electrons. The van der Waals surface area contributed by atoms with E-state index >= 15 is 0 Å². The van der Waals surface area contributed by atoms with E-state index in [1.54, 1.807) is 37.5 Å². The number of allylic oxidation sites excluding steroid dienone is 1. The SMILES string of the molecule is COc1ccc(/C=C/C(=O)c2ccc(N3C(=O)C[C@@H](SC(=S)N4CCCCC4)C3=O)cc2)cc1. The third-order valence-corrected chi connectivity index (χ3v) is 7.58. The van der Waals surface area contributed by atoms with Gasteiger partial charge in [0.1, 0.15) is 15.3 Å². The predicted octanol–water partition coefficient (Wildman–Crippen LogP) is 4.73. The van der Waals surface area contributed by atoms with Crippen LogP contribution in [0.5, 0.6) is 5.75 Å².